The molecule has 2 aliphatic rings. The summed E-state index contributed by atoms with van der Waals surface area (Å²) in [6.45, 7) is 3.00. The number of nitriles is 1. The number of nitrogens with one attached hydrogen (secondary N) is 2. The number of carbonyl (C=O) groups excluding carboxylic acids is 1. The quantitative estimate of drug-likeness (QED) is 0.752. The van der Waals surface area contributed by atoms with E-state index in [4.69, 9.17) is 11.6 Å². The third-order valence-corrected chi connectivity index (χ3v) is 6.27. The number of fused-ring (bicyclic) bond motifs is 1. The molecule has 2 aromatic heterocycles. The fraction of sp³-hybridized carbons (Fsp3) is 0.500. The Morgan fingerprint density at radius 1 is 1.29 bits per heavy atom. The number of pyridine rings is 1. The van der Waals surface area contributed by atoms with Crippen LogP contribution in [-0.4, -0.2) is 35.5 Å². The Kier molecular flexibility index (Phi) is 4.23. The number of H-pyrrole nitrogens is 1. The molecule has 0 aliphatic carbocycles. The van der Waals surface area contributed by atoms with Crippen LogP contribution in [0.3, 0.4) is 0 Å². The lowest BCUT2D eigenvalue weighted by molar-refractivity contribution is -0.141. The molecule has 4 rings (SSSR count). The number of alkyl halides is 3. The summed E-state index contributed by atoms with van der Waals surface area (Å²) in [5.41, 5.74) is -1.27. The molecule has 2 aliphatic heterocycles. The van der Waals surface area contributed by atoms with Crippen LogP contribution in [0.15, 0.2) is 0 Å². The molecule has 2 fully saturated rings. The zero-order valence-corrected chi connectivity index (χ0v) is 15.8. The van der Waals surface area contributed by atoms with Gasteiger partial charge < -0.3 is 15.2 Å². The minimum Gasteiger partial charge on any atom is -0.369 e. The van der Waals surface area contributed by atoms with Crippen molar-refractivity contribution in [3.05, 3.63) is 22.0 Å². The van der Waals surface area contributed by atoms with E-state index < -0.39 is 22.8 Å². The highest BCUT2D eigenvalue weighted by Gasteiger charge is 2.46. The van der Waals surface area contributed by atoms with Crippen LogP contribution in [0.4, 0.5) is 18.9 Å². The van der Waals surface area contributed by atoms with Gasteiger partial charge in [-0.2, -0.15) is 18.4 Å². The van der Waals surface area contributed by atoms with Crippen molar-refractivity contribution in [3.63, 3.8) is 0 Å². The van der Waals surface area contributed by atoms with Crippen LogP contribution < -0.4 is 10.2 Å². The Hall–Kier alpha value is -2.47. The molecule has 6 nitrogen and oxygen atoms in total. The van der Waals surface area contributed by atoms with Crippen molar-refractivity contribution >= 4 is 34.2 Å². The van der Waals surface area contributed by atoms with Gasteiger partial charge in [-0.3, -0.25) is 4.79 Å². The summed E-state index contributed by atoms with van der Waals surface area (Å²) in [7, 11) is 0. The monoisotopic (exact) mass is 411 g/mol. The number of halogens is 4. The Bertz CT molecular complexity index is 1020. The van der Waals surface area contributed by atoms with E-state index in [0.717, 1.165) is 6.42 Å². The molecule has 0 saturated carbocycles. The first-order valence-corrected chi connectivity index (χ1v) is 9.28. The molecule has 0 aromatic carbocycles. The average molecular weight is 412 g/mol. The van der Waals surface area contributed by atoms with Gasteiger partial charge in [0.05, 0.1) is 21.6 Å². The van der Waals surface area contributed by atoms with Gasteiger partial charge >= 0.3 is 6.18 Å². The van der Waals surface area contributed by atoms with Crippen molar-refractivity contribution in [3.8, 4) is 6.07 Å². The predicted octanol–water partition coefficient (Wildman–Crippen LogP) is 3.52. The van der Waals surface area contributed by atoms with Crippen LogP contribution in [0.1, 0.15) is 36.2 Å². The number of nitrogens with zero attached hydrogens (tertiary/aromatic N) is 3. The van der Waals surface area contributed by atoms with Crippen LogP contribution in [-0.2, 0) is 11.0 Å². The number of piperidine rings is 1. The van der Waals surface area contributed by atoms with Gasteiger partial charge in [-0.25, -0.2) is 4.98 Å². The average Bonchev–Trinajstić information content (AvgIpc) is 3.14. The van der Waals surface area contributed by atoms with Crippen LogP contribution in [0.5, 0.6) is 0 Å². The number of carbonyl (C=O) groups is 1. The SMILES string of the molecule is Cc1[nH]c2c(N3CCC4(CCNC4=O)CC3)c(C#N)c(C(F)(F)F)nc2c1Cl. The smallest absolute Gasteiger partial charge is 0.369 e. The maximum atomic E-state index is 13.6. The summed E-state index contributed by atoms with van der Waals surface area (Å²) < 4.78 is 40.8. The van der Waals surface area contributed by atoms with E-state index in [2.05, 4.69) is 15.3 Å². The molecule has 10 heteroatoms. The van der Waals surface area contributed by atoms with Crippen LogP contribution in [0.2, 0.25) is 5.02 Å². The summed E-state index contributed by atoms with van der Waals surface area (Å²) in [6, 6.07) is 1.69. The van der Waals surface area contributed by atoms with E-state index in [0.29, 0.717) is 43.7 Å². The van der Waals surface area contributed by atoms with Gasteiger partial charge in [-0.05, 0) is 26.2 Å². The second kappa shape index (κ2) is 6.27. The maximum Gasteiger partial charge on any atom is 0.434 e. The van der Waals surface area contributed by atoms with Crippen molar-refractivity contribution < 1.29 is 18.0 Å². The van der Waals surface area contributed by atoms with Gasteiger partial charge in [0, 0.05) is 25.3 Å². The van der Waals surface area contributed by atoms with E-state index in [-0.39, 0.29) is 22.1 Å². The largest absolute Gasteiger partial charge is 0.434 e. The molecular formula is C18H17ClF3N5O. The van der Waals surface area contributed by atoms with Crippen molar-refractivity contribution in [2.24, 2.45) is 5.41 Å². The molecule has 148 valence electrons. The highest BCUT2D eigenvalue weighted by molar-refractivity contribution is 6.36. The Balaban J connectivity index is 1.85. The number of aromatic amines is 1. The zero-order chi connectivity index (χ0) is 20.3. The van der Waals surface area contributed by atoms with Crippen LogP contribution >= 0.6 is 11.6 Å². The number of anilines is 1. The first kappa shape index (κ1) is 18.9. The Morgan fingerprint density at radius 3 is 2.50 bits per heavy atom. The lowest BCUT2D eigenvalue weighted by atomic mass is 9.77. The van der Waals surface area contributed by atoms with Gasteiger partial charge in [0.2, 0.25) is 5.91 Å². The fourth-order valence-electron chi connectivity index (χ4n) is 4.25. The second-order valence-electron chi connectivity index (χ2n) is 7.35. The summed E-state index contributed by atoms with van der Waals surface area (Å²) in [5.74, 6) is 0.00211. The third-order valence-electron chi connectivity index (χ3n) is 5.81. The van der Waals surface area contributed by atoms with Gasteiger partial charge in [0.1, 0.15) is 17.1 Å². The van der Waals surface area contributed by atoms with Gasteiger partial charge in [-0.15, -0.1) is 0 Å². The zero-order valence-electron chi connectivity index (χ0n) is 15.0. The highest BCUT2D eigenvalue weighted by atomic mass is 35.5. The van der Waals surface area contributed by atoms with Crippen molar-refractivity contribution in [1.82, 2.24) is 15.3 Å². The number of amides is 1. The maximum absolute atomic E-state index is 13.6. The van der Waals surface area contributed by atoms with E-state index in [9.17, 15) is 23.2 Å². The summed E-state index contributed by atoms with van der Waals surface area (Å²) in [5, 5.41) is 12.5. The molecule has 0 radical (unpaired) electrons. The molecule has 1 spiro atoms. The highest BCUT2D eigenvalue weighted by Crippen LogP contribution is 2.44. The summed E-state index contributed by atoms with van der Waals surface area (Å²) in [4.78, 5) is 20.6. The lowest BCUT2D eigenvalue weighted by Crippen LogP contribution is -2.44. The fourth-order valence-corrected chi connectivity index (χ4v) is 4.43. The molecule has 1 amide bonds. The molecule has 28 heavy (non-hydrogen) atoms. The second-order valence-corrected chi connectivity index (χ2v) is 7.73. The Morgan fingerprint density at radius 2 is 1.96 bits per heavy atom. The number of hydrogen-bond acceptors (Lipinski definition) is 4. The summed E-state index contributed by atoms with van der Waals surface area (Å²) >= 11 is 6.17. The van der Waals surface area contributed by atoms with Gasteiger partial charge in [0.25, 0.3) is 0 Å². The third kappa shape index (κ3) is 2.70. The summed E-state index contributed by atoms with van der Waals surface area (Å²) in [6.07, 6.45) is -3.03. The molecule has 4 heterocycles. The van der Waals surface area contributed by atoms with E-state index in [1.54, 1.807) is 17.9 Å². The topological polar surface area (TPSA) is 84.8 Å². The van der Waals surface area contributed by atoms with Gasteiger partial charge in [-0.1, -0.05) is 11.6 Å². The molecule has 0 atom stereocenters. The Labute approximate surface area is 163 Å². The normalized spacial score (nSPS) is 19.3. The van der Waals surface area contributed by atoms with Gasteiger partial charge in [0.15, 0.2) is 5.69 Å². The van der Waals surface area contributed by atoms with E-state index in [1.165, 1.54) is 0 Å². The minimum atomic E-state index is -4.79. The van der Waals surface area contributed by atoms with Crippen molar-refractivity contribution in [2.75, 3.05) is 24.5 Å². The molecule has 2 saturated heterocycles. The first-order chi connectivity index (χ1) is 13.2. The number of aryl methyl sites for hydroxylation is 1. The molecule has 0 bridgehead atoms. The van der Waals surface area contributed by atoms with Crippen LogP contribution in [0, 0.1) is 23.7 Å². The van der Waals surface area contributed by atoms with E-state index in [1.807, 2.05) is 0 Å². The number of hydrogen-bond donors (Lipinski definition) is 2. The molecular weight excluding hydrogens is 395 g/mol. The minimum absolute atomic E-state index is 0.000567. The van der Waals surface area contributed by atoms with Crippen molar-refractivity contribution in [2.45, 2.75) is 32.4 Å². The first-order valence-electron chi connectivity index (χ1n) is 8.90. The van der Waals surface area contributed by atoms with E-state index >= 15 is 0 Å². The van der Waals surface area contributed by atoms with Crippen LogP contribution in [0.25, 0.3) is 11.0 Å². The molecule has 2 aromatic rings. The number of aromatic nitrogens is 2. The predicted molar refractivity (Wildman–Crippen MR) is 97.1 cm³/mol. The molecule has 0 unspecified atom stereocenters. The molecule has 2 N–H and O–H groups in total. The number of rotatable bonds is 1. The van der Waals surface area contributed by atoms with Crippen molar-refractivity contribution in [1.29, 1.82) is 5.26 Å². The standard InChI is InChI=1S/C18H17ClF3N5O/c1-9-11(19)12-13(25-9)14(10(8-23)15(26-12)18(20,21)22)27-6-3-17(4-7-27)2-5-24-16(17)28/h25H,2-7H2,1H3,(H,24,28). The lowest BCUT2D eigenvalue weighted by Gasteiger charge is -2.39.